The van der Waals surface area contributed by atoms with Crippen LogP contribution in [0, 0.1) is 23.1 Å². The zero-order valence-electron chi connectivity index (χ0n) is 16.1. The molecule has 2 N–H and O–H groups in total. The quantitative estimate of drug-likeness (QED) is 0.571. The van der Waals surface area contributed by atoms with E-state index in [1.54, 1.807) is 0 Å². The first kappa shape index (κ1) is 22.7. The Kier molecular flexibility index (Phi) is 6.33. The summed E-state index contributed by atoms with van der Waals surface area (Å²) in [5, 5.41) is 5.05. The van der Waals surface area contributed by atoms with Crippen molar-refractivity contribution in [2.75, 3.05) is 5.75 Å². The van der Waals surface area contributed by atoms with Gasteiger partial charge in [0.2, 0.25) is 10.0 Å². The number of carbonyl (C=O) groups is 1. The third-order valence-corrected chi connectivity index (χ3v) is 6.43. The van der Waals surface area contributed by atoms with Crippen LogP contribution < -0.4 is 5.14 Å². The van der Waals surface area contributed by atoms with Gasteiger partial charge in [0.25, 0.3) is 0 Å². The van der Waals surface area contributed by atoms with Crippen LogP contribution in [0.2, 0.25) is 0 Å². The molecule has 2 aromatic carbocycles. The molecule has 2 aromatic rings. The lowest BCUT2D eigenvalue weighted by Crippen LogP contribution is -2.22. The Morgan fingerprint density at radius 2 is 1.62 bits per heavy atom. The van der Waals surface area contributed by atoms with E-state index < -0.39 is 52.6 Å². The highest BCUT2D eigenvalue weighted by atomic mass is 32.2. The van der Waals surface area contributed by atoms with E-state index in [1.165, 1.54) is 18.2 Å². The van der Waals surface area contributed by atoms with Crippen molar-refractivity contribution in [1.82, 2.24) is 0 Å². The van der Waals surface area contributed by atoms with E-state index in [9.17, 15) is 26.0 Å². The second-order valence-electron chi connectivity index (χ2n) is 7.37. The van der Waals surface area contributed by atoms with E-state index in [1.807, 2.05) is 20.8 Å². The fraction of sp³-hybridized carbons (Fsp3) is 0.250. The summed E-state index contributed by atoms with van der Waals surface area (Å²) >= 11 is 0. The van der Waals surface area contributed by atoms with Gasteiger partial charge in [-0.1, -0.05) is 24.0 Å². The number of hydrogen-bond donors (Lipinski definition) is 1. The molecule has 9 heteroatoms. The topological polar surface area (TPSA) is 111 Å². The van der Waals surface area contributed by atoms with Crippen molar-refractivity contribution in [3.05, 3.63) is 59.4 Å². The summed E-state index contributed by atoms with van der Waals surface area (Å²) < 4.78 is 62.8. The molecule has 0 radical (unpaired) electrons. The standard InChI is InChI=1S/C20H20FNO5S2/c1-20(2,3)11-10-14-8-9-15(16(21)12-14)17(23)13-28(24,25)18-6-4-5-7-19(18)29(22,26)27/h4-9,12H,13H2,1-3H3,(H2,22,26,27). The second kappa shape index (κ2) is 8.06. The Labute approximate surface area is 169 Å². The Bertz CT molecular complexity index is 1230. The molecule has 0 aliphatic rings. The summed E-state index contributed by atoms with van der Waals surface area (Å²) in [6.45, 7) is 5.66. The van der Waals surface area contributed by atoms with Crippen LogP contribution in [0.5, 0.6) is 0 Å². The number of ketones is 1. The van der Waals surface area contributed by atoms with Crippen LogP contribution in [0.1, 0.15) is 36.7 Å². The maximum atomic E-state index is 14.4. The number of primary sulfonamides is 1. The molecule has 0 aliphatic carbocycles. The zero-order chi connectivity index (χ0) is 22.0. The first-order valence-corrected chi connectivity index (χ1v) is 11.6. The molecule has 154 valence electrons. The Morgan fingerprint density at radius 3 is 2.14 bits per heavy atom. The van der Waals surface area contributed by atoms with Gasteiger partial charge in [-0.05, 0) is 51.1 Å². The van der Waals surface area contributed by atoms with E-state index in [2.05, 4.69) is 11.8 Å². The Hall–Kier alpha value is -2.54. The van der Waals surface area contributed by atoms with Crippen LogP contribution in [0.4, 0.5) is 4.39 Å². The molecule has 0 aliphatic heterocycles. The van der Waals surface area contributed by atoms with Crippen LogP contribution in [0.15, 0.2) is 52.3 Å². The lowest BCUT2D eigenvalue weighted by Gasteiger charge is -2.09. The first-order chi connectivity index (χ1) is 13.2. The minimum Gasteiger partial charge on any atom is -0.293 e. The fourth-order valence-corrected chi connectivity index (χ4v) is 5.01. The molecule has 29 heavy (non-hydrogen) atoms. The maximum Gasteiger partial charge on any atom is 0.239 e. The zero-order valence-corrected chi connectivity index (χ0v) is 17.7. The lowest BCUT2D eigenvalue weighted by molar-refractivity contribution is 0.101. The monoisotopic (exact) mass is 437 g/mol. The Morgan fingerprint density at radius 1 is 1.03 bits per heavy atom. The van der Waals surface area contributed by atoms with Gasteiger partial charge in [0.05, 0.1) is 10.5 Å². The van der Waals surface area contributed by atoms with Gasteiger partial charge in [0.15, 0.2) is 15.6 Å². The van der Waals surface area contributed by atoms with E-state index in [0.29, 0.717) is 5.56 Å². The predicted molar refractivity (Wildman–Crippen MR) is 107 cm³/mol. The van der Waals surface area contributed by atoms with Crippen LogP contribution in [0.25, 0.3) is 0 Å². The normalized spacial score (nSPS) is 12.2. The first-order valence-electron chi connectivity index (χ1n) is 8.41. The van der Waals surface area contributed by atoms with Crippen molar-refractivity contribution in [1.29, 1.82) is 0 Å². The number of sulfonamides is 1. The number of hydrogen-bond acceptors (Lipinski definition) is 5. The van der Waals surface area contributed by atoms with Gasteiger partial charge in [-0.2, -0.15) is 0 Å². The number of carbonyl (C=O) groups excluding carboxylic acids is 1. The number of nitrogens with two attached hydrogens (primary N) is 1. The van der Waals surface area contributed by atoms with Gasteiger partial charge < -0.3 is 0 Å². The molecule has 0 atom stereocenters. The van der Waals surface area contributed by atoms with Crippen molar-refractivity contribution >= 4 is 25.6 Å². The van der Waals surface area contributed by atoms with E-state index in [-0.39, 0.29) is 5.41 Å². The van der Waals surface area contributed by atoms with Gasteiger partial charge in [-0.25, -0.2) is 26.4 Å². The summed E-state index contributed by atoms with van der Waals surface area (Å²) in [6, 6.07) is 8.29. The van der Waals surface area contributed by atoms with Crippen molar-refractivity contribution in [2.24, 2.45) is 10.6 Å². The van der Waals surface area contributed by atoms with Crippen molar-refractivity contribution in [3.63, 3.8) is 0 Å². The SMILES string of the molecule is CC(C)(C)C#Cc1ccc(C(=O)CS(=O)(=O)c2ccccc2S(N)(=O)=O)c(F)c1. The van der Waals surface area contributed by atoms with Crippen molar-refractivity contribution in [3.8, 4) is 11.8 Å². The fourth-order valence-electron chi connectivity index (χ4n) is 2.35. The molecule has 0 spiro atoms. The molecule has 0 heterocycles. The molecule has 0 bridgehead atoms. The molecule has 2 rings (SSSR count). The molecule has 0 saturated heterocycles. The average molecular weight is 438 g/mol. The lowest BCUT2D eigenvalue weighted by atomic mass is 9.97. The molecule has 0 unspecified atom stereocenters. The van der Waals surface area contributed by atoms with E-state index in [4.69, 9.17) is 5.14 Å². The highest BCUT2D eigenvalue weighted by Crippen LogP contribution is 2.22. The minimum absolute atomic E-state index is 0.296. The van der Waals surface area contributed by atoms with E-state index in [0.717, 1.165) is 24.3 Å². The van der Waals surface area contributed by atoms with Crippen molar-refractivity contribution < 1.29 is 26.0 Å². The Balaban J connectivity index is 2.37. The van der Waals surface area contributed by atoms with Gasteiger partial charge in [0, 0.05) is 11.0 Å². The molecule has 0 saturated carbocycles. The summed E-state index contributed by atoms with van der Waals surface area (Å²) in [4.78, 5) is 11.2. The largest absolute Gasteiger partial charge is 0.293 e. The average Bonchev–Trinajstić information content (AvgIpc) is 2.58. The number of benzene rings is 2. The molecule has 0 fully saturated rings. The molecule has 6 nitrogen and oxygen atoms in total. The molecular weight excluding hydrogens is 417 g/mol. The van der Waals surface area contributed by atoms with Crippen molar-refractivity contribution in [2.45, 2.75) is 30.6 Å². The van der Waals surface area contributed by atoms with E-state index >= 15 is 0 Å². The number of halogens is 1. The summed E-state index contributed by atoms with van der Waals surface area (Å²) in [5.41, 5.74) is -0.380. The number of rotatable bonds is 5. The van der Waals surface area contributed by atoms with Crippen LogP contribution >= 0.6 is 0 Å². The second-order valence-corrected chi connectivity index (χ2v) is 10.9. The molecular formula is C20H20FNO5S2. The van der Waals surface area contributed by atoms with Crippen LogP contribution in [0.3, 0.4) is 0 Å². The highest BCUT2D eigenvalue weighted by molar-refractivity contribution is 7.94. The smallest absolute Gasteiger partial charge is 0.239 e. The van der Waals surface area contributed by atoms with Gasteiger partial charge in [0.1, 0.15) is 16.5 Å². The third-order valence-electron chi connectivity index (χ3n) is 3.66. The highest BCUT2D eigenvalue weighted by Gasteiger charge is 2.27. The minimum atomic E-state index is -4.38. The molecule has 0 aromatic heterocycles. The summed E-state index contributed by atoms with van der Waals surface area (Å²) in [6.07, 6.45) is 0. The molecule has 0 amide bonds. The van der Waals surface area contributed by atoms with Gasteiger partial charge in [-0.3, -0.25) is 4.79 Å². The maximum absolute atomic E-state index is 14.4. The van der Waals surface area contributed by atoms with Crippen LogP contribution in [-0.2, 0) is 19.9 Å². The predicted octanol–water partition coefficient (Wildman–Crippen LogP) is 2.53. The number of Topliss-reactive ketones (excluding diaryl/α,β-unsaturated/α-hetero) is 1. The summed E-state index contributed by atoms with van der Waals surface area (Å²) in [5.74, 6) is 2.69. The third kappa shape index (κ3) is 5.97. The van der Waals surface area contributed by atoms with Gasteiger partial charge >= 0.3 is 0 Å². The summed E-state index contributed by atoms with van der Waals surface area (Å²) in [7, 11) is -8.71. The van der Waals surface area contributed by atoms with Crippen LogP contribution in [-0.4, -0.2) is 28.4 Å². The van der Waals surface area contributed by atoms with Gasteiger partial charge in [-0.15, -0.1) is 0 Å². The number of sulfone groups is 1.